The summed E-state index contributed by atoms with van der Waals surface area (Å²) in [7, 11) is 0. The van der Waals surface area contributed by atoms with Crippen LogP contribution in [0.15, 0.2) is 107 Å². The third-order valence-electron chi connectivity index (χ3n) is 4.78. The predicted molar refractivity (Wildman–Crippen MR) is 110 cm³/mol. The van der Waals surface area contributed by atoms with E-state index in [1.165, 1.54) is 26.9 Å². The van der Waals surface area contributed by atoms with Crippen molar-refractivity contribution < 1.29 is 0 Å². The molecule has 0 bridgehead atoms. The maximum Gasteiger partial charge on any atom is 0.0941 e. The minimum absolute atomic E-state index is 0.856. The Morgan fingerprint density at radius 3 is 1.54 bits per heavy atom. The van der Waals surface area contributed by atoms with E-state index >= 15 is 0 Å². The zero-order valence-corrected chi connectivity index (χ0v) is 14.1. The van der Waals surface area contributed by atoms with Gasteiger partial charge in [-0.15, -0.1) is 5.11 Å². The van der Waals surface area contributed by atoms with Crippen LogP contribution < -0.4 is 0 Å². The lowest BCUT2D eigenvalue weighted by Crippen LogP contribution is -1.83. The van der Waals surface area contributed by atoms with Gasteiger partial charge < -0.3 is 0 Å². The molecule has 0 unspecified atom stereocenters. The van der Waals surface area contributed by atoms with Crippen molar-refractivity contribution in [1.82, 2.24) is 0 Å². The number of azo groups is 1. The molecule has 5 aromatic rings. The lowest BCUT2D eigenvalue weighted by molar-refractivity contribution is 1.24. The molecule has 0 saturated carbocycles. The number of fused-ring (bicyclic) bond motifs is 6. The van der Waals surface area contributed by atoms with Crippen LogP contribution in [-0.4, -0.2) is 0 Å². The Bertz CT molecular complexity index is 1230. The third kappa shape index (κ3) is 2.35. The zero-order chi connectivity index (χ0) is 17.3. The molecule has 0 spiro atoms. The Morgan fingerprint density at radius 2 is 0.885 bits per heavy atom. The largest absolute Gasteiger partial charge is 0.151 e. The lowest BCUT2D eigenvalue weighted by atomic mass is 9.93. The fraction of sp³-hybridized carbons (Fsp3) is 0. The fourth-order valence-corrected chi connectivity index (χ4v) is 3.63. The van der Waals surface area contributed by atoms with Crippen LogP contribution in [0.4, 0.5) is 11.4 Å². The second-order valence-corrected chi connectivity index (χ2v) is 6.33. The summed E-state index contributed by atoms with van der Waals surface area (Å²) in [5.74, 6) is 0. The number of nitrogens with zero attached hydrogens (tertiary/aromatic N) is 2. The van der Waals surface area contributed by atoms with Gasteiger partial charge in [0.15, 0.2) is 0 Å². The Labute approximate surface area is 151 Å². The summed E-state index contributed by atoms with van der Waals surface area (Å²) in [6, 6.07) is 33.2. The van der Waals surface area contributed by atoms with Gasteiger partial charge in [-0.3, -0.25) is 0 Å². The molecule has 0 atom stereocenters. The van der Waals surface area contributed by atoms with Gasteiger partial charge in [-0.2, -0.15) is 5.11 Å². The number of hydrogen-bond acceptors (Lipinski definition) is 2. The molecule has 0 N–H and O–H groups in total. The van der Waals surface area contributed by atoms with Gasteiger partial charge in [0.05, 0.1) is 11.4 Å². The molecule has 0 radical (unpaired) electrons. The van der Waals surface area contributed by atoms with Gasteiger partial charge in [-0.25, -0.2) is 0 Å². The van der Waals surface area contributed by atoms with Crippen molar-refractivity contribution in [1.29, 1.82) is 0 Å². The summed E-state index contributed by atoms with van der Waals surface area (Å²) >= 11 is 0. The molecular weight excluding hydrogens is 316 g/mol. The number of benzene rings is 5. The zero-order valence-electron chi connectivity index (χ0n) is 14.1. The molecule has 0 aliphatic rings. The highest BCUT2D eigenvalue weighted by molar-refractivity contribution is 6.27. The Balaban J connectivity index is 1.87. The minimum atomic E-state index is 0.856. The molecule has 0 aliphatic carbocycles. The number of hydrogen-bond donors (Lipinski definition) is 0. The van der Waals surface area contributed by atoms with Crippen LogP contribution in [0.3, 0.4) is 0 Å². The maximum atomic E-state index is 4.59. The van der Waals surface area contributed by atoms with Crippen LogP contribution in [0.2, 0.25) is 0 Å². The van der Waals surface area contributed by atoms with Crippen LogP contribution in [0.1, 0.15) is 0 Å². The Kier molecular flexibility index (Phi) is 3.46. The average molecular weight is 332 g/mol. The first-order valence-electron chi connectivity index (χ1n) is 8.71. The van der Waals surface area contributed by atoms with Crippen molar-refractivity contribution in [2.24, 2.45) is 10.2 Å². The first-order chi connectivity index (χ1) is 12.9. The van der Waals surface area contributed by atoms with Crippen molar-refractivity contribution in [2.75, 3.05) is 0 Å². The first-order valence-corrected chi connectivity index (χ1v) is 8.71. The smallest absolute Gasteiger partial charge is 0.0941 e. The summed E-state index contributed by atoms with van der Waals surface area (Å²) in [4.78, 5) is 0. The molecule has 2 heteroatoms. The quantitative estimate of drug-likeness (QED) is 0.235. The van der Waals surface area contributed by atoms with Gasteiger partial charge in [0.2, 0.25) is 0 Å². The molecule has 0 amide bonds. The summed E-state index contributed by atoms with van der Waals surface area (Å²) < 4.78 is 0. The summed E-state index contributed by atoms with van der Waals surface area (Å²) in [5.41, 5.74) is 1.75. The molecule has 2 nitrogen and oxygen atoms in total. The highest BCUT2D eigenvalue weighted by atomic mass is 15.1. The predicted octanol–water partition coefficient (Wildman–Crippen LogP) is 7.56. The van der Waals surface area contributed by atoms with Crippen LogP contribution in [0.25, 0.3) is 32.3 Å². The first kappa shape index (κ1) is 14.8. The van der Waals surface area contributed by atoms with E-state index in [4.69, 9.17) is 0 Å². The standard InChI is InChI=1S/C24H16N2/c1-2-9-17(10-3-1)25-26-23-16-8-15-22-20-12-5-4-11-18(20)19-13-6-7-14-21(19)24(22)23/h1-16H. The van der Waals surface area contributed by atoms with E-state index in [0.717, 1.165) is 16.8 Å². The van der Waals surface area contributed by atoms with E-state index in [1.54, 1.807) is 0 Å². The van der Waals surface area contributed by atoms with Crippen LogP contribution in [-0.2, 0) is 0 Å². The maximum absolute atomic E-state index is 4.59. The SMILES string of the molecule is c1ccc(N=Nc2cccc3c4ccccc4c4ccccc4c23)cc1. The van der Waals surface area contributed by atoms with Crippen molar-refractivity contribution in [2.45, 2.75) is 0 Å². The Morgan fingerprint density at radius 1 is 0.385 bits per heavy atom. The third-order valence-corrected chi connectivity index (χ3v) is 4.78. The Hall–Kier alpha value is -3.52. The molecular formula is C24H16N2. The molecule has 0 fully saturated rings. The van der Waals surface area contributed by atoms with Gasteiger partial charge in [-0.05, 0) is 45.1 Å². The van der Waals surface area contributed by atoms with E-state index in [-0.39, 0.29) is 0 Å². The highest BCUT2D eigenvalue weighted by Crippen LogP contribution is 2.39. The average Bonchev–Trinajstić information content (AvgIpc) is 2.73. The van der Waals surface area contributed by atoms with Gasteiger partial charge in [0.1, 0.15) is 0 Å². The molecule has 5 aromatic carbocycles. The lowest BCUT2D eigenvalue weighted by Gasteiger charge is -2.11. The summed E-state index contributed by atoms with van der Waals surface area (Å²) in [5, 5.41) is 16.4. The van der Waals surface area contributed by atoms with E-state index in [9.17, 15) is 0 Å². The van der Waals surface area contributed by atoms with E-state index in [1.807, 2.05) is 36.4 Å². The van der Waals surface area contributed by atoms with Gasteiger partial charge >= 0.3 is 0 Å². The molecule has 122 valence electrons. The topological polar surface area (TPSA) is 24.7 Å². The molecule has 0 aliphatic heterocycles. The van der Waals surface area contributed by atoms with Crippen LogP contribution in [0.5, 0.6) is 0 Å². The van der Waals surface area contributed by atoms with Crippen LogP contribution >= 0.6 is 0 Å². The van der Waals surface area contributed by atoms with Crippen molar-refractivity contribution in [3.05, 3.63) is 97.1 Å². The summed E-state index contributed by atoms with van der Waals surface area (Å²) in [6.45, 7) is 0. The van der Waals surface area contributed by atoms with E-state index < -0.39 is 0 Å². The number of rotatable bonds is 2. The molecule has 0 saturated heterocycles. The minimum Gasteiger partial charge on any atom is -0.151 e. The monoisotopic (exact) mass is 332 g/mol. The molecule has 0 heterocycles. The molecule has 5 rings (SSSR count). The van der Waals surface area contributed by atoms with Crippen molar-refractivity contribution in [3.63, 3.8) is 0 Å². The van der Waals surface area contributed by atoms with Crippen molar-refractivity contribution in [3.8, 4) is 0 Å². The van der Waals surface area contributed by atoms with Crippen molar-refractivity contribution >= 4 is 43.7 Å². The van der Waals surface area contributed by atoms with Gasteiger partial charge in [0.25, 0.3) is 0 Å². The molecule has 26 heavy (non-hydrogen) atoms. The highest BCUT2D eigenvalue weighted by Gasteiger charge is 2.10. The van der Waals surface area contributed by atoms with E-state index in [2.05, 4.69) is 70.9 Å². The second kappa shape index (κ2) is 6.08. The molecule has 0 aromatic heterocycles. The van der Waals surface area contributed by atoms with Gasteiger partial charge in [-0.1, -0.05) is 78.9 Å². The fourth-order valence-electron chi connectivity index (χ4n) is 3.63. The normalized spacial score (nSPS) is 11.7. The second-order valence-electron chi connectivity index (χ2n) is 6.33. The van der Waals surface area contributed by atoms with Crippen LogP contribution in [0, 0.1) is 0 Å². The summed E-state index contributed by atoms with van der Waals surface area (Å²) in [6.07, 6.45) is 0. The van der Waals surface area contributed by atoms with E-state index in [0.29, 0.717) is 0 Å². The van der Waals surface area contributed by atoms with Gasteiger partial charge in [0, 0.05) is 5.39 Å².